The molecule has 0 atom stereocenters. The minimum atomic E-state index is -3.66. The predicted octanol–water partition coefficient (Wildman–Crippen LogP) is 1.52. The minimum Gasteiger partial charge on any atom is -0.384 e. The number of aliphatic hydroxyl groups excluding tert-OH is 1. The Kier molecular flexibility index (Phi) is 5.61. The Labute approximate surface area is 114 Å². The summed E-state index contributed by atoms with van der Waals surface area (Å²) >= 11 is 0. The second-order valence-electron chi connectivity index (χ2n) is 3.91. The normalized spacial score (nSPS) is 10.4. The fourth-order valence-electron chi connectivity index (χ4n) is 1.41. The van der Waals surface area contributed by atoms with Crippen LogP contribution < -0.4 is 0 Å². The number of aryl methyl sites for hydroxylation is 1. The molecule has 0 fully saturated rings. The second kappa shape index (κ2) is 6.98. The molecule has 5 heteroatoms. The van der Waals surface area contributed by atoms with Gasteiger partial charge in [0, 0.05) is 12.6 Å². The Morgan fingerprint density at radius 2 is 2.00 bits per heavy atom. The van der Waals surface area contributed by atoms with E-state index in [2.05, 4.69) is 18.5 Å². The topological polar surface area (TPSA) is 57.6 Å². The van der Waals surface area contributed by atoms with E-state index in [0.717, 1.165) is 9.87 Å². The summed E-state index contributed by atoms with van der Waals surface area (Å²) in [5.41, 5.74) is 0.984. The monoisotopic (exact) mass is 279 g/mol. The lowest BCUT2D eigenvalue weighted by Crippen LogP contribution is -2.27. The van der Waals surface area contributed by atoms with Crippen LogP contribution in [0.2, 0.25) is 0 Å². The van der Waals surface area contributed by atoms with Crippen molar-refractivity contribution in [2.24, 2.45) is 0 Å². The average Bonchev–Trinajstić information content (AvgIpc) is 2.39. The Hall–Kier alpha value is -1.77. The molecule has 102 valence electrons. The highest BCUT2D eigenvalue weighted by Crippen LogP contribution is 2.16. The fraction of sp³-hybridized carbons (Fsp3) is 0.286. The number of hydrogen-bond acceptors (Lipinski definition) is 3. The third-order valence-electron chi connectivity index (χ3n) is 2.43. The highest BCUT2D eigenvalue weighted by Gasteiger charge is 2.21. The van der Waals surface area contributed by atoms with Crippen molar-refractivity contribution in [2.75, 3.05) is 13.2 Å². The predicted molar refractivity (Wildman–Crippen MR) is 74.7 cm³/mol. The Morgan fingerprint density at radius 1 is 1.37 bits per heavy atom. The summed E-state index contributed by atoms with van der Waals surface area (Å²) in [6.45, 7) is 5.28. The van der Waals surface area contributed by atoms with Crippen molar-refractivity contribution in [1.82, 2.24) is 4.31 Å². The largest absolute Gasteiger partial charge is 0.384 e. The molecular weight excluding hydrogens is 262 g/mol. The molecule has 4 nitrogen and oxygen atoms in total. The number of hydrogen-bond donors (Lipinski definition) is 1. The standard InChI is InChI=1S/C14H17NO3S/c1-3-4-10-15(11-5-12-16)19(17,18)14-8-6-13(2)7-9-14/h3,6-9,16H,1,4,10,12H2,2H3. The van der Waals surface area contributed by atoms with Crippen LogP contribution in [0.25, 0.3) is 0 Å². The molecule has 19 heavy (non-hydrogen) atoms. The number of aliphatic hydroxyl groups is 1. The molecule has 0 spiro atoms. The summed E-state index contributed by atoms with van der Waals surface area (Å²) in [5, 5.41) is 8.70. The van der Waals surface area contributed by atoms with Crippen LogP contribution in [0.15, 0.2) is 41.8 Å². The number of sulfonamides is 1. The van der Waals surface area contributed by atoms with Crippen LogP contribution in [-0.4, -0.2) is 31.0 Å². The molecule has 0 heterocycles. The molecule has 1 aromatic rings. The maximum absolute atomic E-state index is 12.4. The van der Waals surface area contributed by atoms with E-state index in [9.17, 15) is 8.42 Å². The third kappa shape index (κ3) is 4.12. The third-order valence-corrected chi connectivity index (χ3v) is 4.15. The molecule has 0 aliphatic heterocycles. The van der Waals surface area contributed by atoms with Gasteiger partial charge in [0.2, 0.25) is 0 Å². The quantitative estimate of drug-likeness (QED) is 0.505. The number of benzene rings is 1. The van der Waals surface area contributed by atoms with Gasteiger partial charge in [-0.2, -0.15) is 0 Å². The maximum atomic E-state index is 12.4. The summed E-state index contributed by atoms with van der Waals surface area (Å²) in [5.74, 6) is 2.36. The average molecular weight is 279 g/mol. The molecule has 0 aromatic heterocycles. The van der Waals surface area contributed by atoms with E-state index in [1.807, 2.05) is 6.92 Å². The van der Waals surface area contributed by atoms with Crippen molar-refractivity contribution in [3.8, 4) is 12.0 Å². The van der Waals surface area contributed by atoms with Gasteiger partial charge in [-0.25, -0.2) is 12.7 Å². The first kappa shape index (κ1) is 15.3. The number of nitrogens with zero attached hydrogens (tertiary/aromatic N) is 1. The summed E-state index contributed by atoms with van der Waals surface area (Å²) in [6.07, 6.45) is 2.11. The fourth-order valence-corrected chi connectivity index (χ4v) is 2.67. The molecule has 1 aromatic carbocycles. The van der Waals surface area contributed by atoms with Crippen LogP contribution in [0.4, 0.5) is 0 Å². The summed E-state index contributed by atoms with van der Waals surface area (Å²) in [7, 11) is -3.66. The summed E-state index contributed by atoms with van der Waals surface area (Å²) in [6, 6.07) is 9.02. The number of rotatable bonds is 5. The highest BCUT2D eigenvalue weighted by molar-refractivity contribution is 7.89. The van der Waals surface area contributed by atoms with Gasteiger partial charge in [0.05, 0.1) is 4.90 Å². The molecular formula is C14H17NO3S. The first-order valence-corrected chi connectivity index (χ1v) is 7.26. The molecule has 0 saturated carbocycles. The van der Waals surface area contributed by atoms with E-state index in [-0.39, 0.29) is 18.0 Å². The van der Waals surface area contributed by atoms with Crippen molar-refractivity contribution in [3.05, 3.63) is 42.5 Å². The molecule has 0 bridgehead atoms. The van der Waals surface area contributed by atoms with Gasteiger partial charge in [-0.3, -0.25) is 0 Å². The van der Waals surface area contributed by atoms with Crippen LogP contribution in [0.3, 0.4) is 0 Å². The van der Waals surface area contributed by atoms with Crippen LogP contribution >= 0.6 is 0 Å². The van der Waals surface area contributed by atoms with E-state index >= 15 is 0 Å². The molecule has 0 amide bonds. The van der Waals surface area contributed by atoms with Crippen molar-refractivity contribution in [3.63, 3.8) is 0 Å². The molecule has 0 unspecified atom stereocenters. The van der Waals surface area contributed by atoms with Crippen LogP contribution in [0.1, 0.15) is 12.0 Å². The van der Waals surface area contributed by atoms with Crippen LogP contribution in [-0.2, 0) is 10.0 Å². The summed E-state index contributed by atoms with van der Waals surface area (Å²) < 4.78 is 25.8. The molecule has 1 rings (SSSR count). The Morgan fingerprint density at radius 3 is 2.53 bits per heavy atom. The second-order valence-corrected chi connectivity index (χ2v) is 5.78. The smallest absolute Gasteiger partial charge is 0.270 e. The molecule has 0 saturated heterocycles. The van der Waals surface area contributed by atoms with E-state index in [1.54, 1.807) is 30.3 Å². The zero-order valence-electron chi connectivity index (χ0n) is 10.8. The van der Waals surface area contributed by atoms with E-state index < -0.39 is 10.0 Å². The zero-order valence-corrected chi connectivity index (χ0v) is 11.7. The molecule has 0 aliphatic rings. The molecule has 0 radical (unpaired) electrons. The lowest BCUT2D eigenvalue weighted by Gasteiger charge is -2.17. The van der Waals surface area contributed by atoms with E-state index in [4.69, 9.17) is 5.11 Å². The first-order chi connectivity index (χ1) is 9.02. The molecule has 0 aliphatic carbocycles. The van der Waals surface area contributed by atoms with Gasteiger partial charge in [0.25, 0.3) is 10.0 Å². The maximum Gasteiger partial charge on any atom is 0.270 e. The van der Waals surface area contributed by atoms with Gasteiger partial charge < -0.3 is 5.11 Å². The van der Waals surface area contributed by atoms with Crippen molar-refractivity contribution < 1.29 is 13.5 Å². The van der Waals surface area contributed by atoms with Crippen molar-refractivity contribution >= 4 is 10.0 Å². The van der Waals surface area contributed by atoms with Crippen LogP contribution in [0, 0.1) is 18.9 Å². The SMILES string of the molecule is C=CCCN(C#CCO)S(=O)(=O)c1ccc(C)cc1. The lowest BCUT2D eigenvalue weighted by atomic mass is 10.2. The zero-order chi connectivity index (χ0) is 14.3. The minimum absolute atomic E-state index is 0.189. The first-order valence-electron chi connectivity index (χ1n) is 5.82. The Bertz CT molecular complexity index is 579. The van der Waals surface area contributed by atoms with E-state index in [0.29, 0.717) is 6.42 Å². The van der Waals surface area contributed by atoms with Gasteiger partial charge in [-0.05, 0) is 25.5 Å². The van der Waals surface area contributed by atoms with E-state index in [1.165, 1.54) is 0 Å². The van der Waals surface area contributed by atoms with Gasteiger partial charge in [-0.1, -0.05) is 29.7 Å². The highest BCUT2D eigenvalue weighted by atomic mass is 32.2. The molecule has 1 N–H and O–H groups in total. The summed E-state index contributed by atoms with van der Waals surface area (Å²) in [4.78, 5) is 0.189. The Balaban J connectivity index is 3.10. The van der Waals surface area contributed by atoms with Crippen molar-refractivity contribution in [1.29, 1.82) is 0 Å². The van der Waals surface area contributed by atoms with Gasteiger partial charge in [-0.15, -0.1) is 6.58 Å². The lowest BCUT2D eigenvalue weighted by molar-refractivity contribution is 0.350. The van der Waals surface area contributed by atoms with Crippen LogP contribution in [0.5, 0.6) is 0 Å². The van der Waals surface area contributed by atoms with Gasteiger partial charge in [0.1, 0.15) is 6.61 Å². The van der Waals surface area contributed by atoms with Gasteiger partial charge >= 0.3 is 0 Å². The van der Waals surface area contributed by atoms with Crippen molar-refractivity contribution in [2.45, 2.75) is 18.2 Å². The van der Waals surface area contributed by atoms with Gasteiger partial charge in [0.15, 0.2) is 0 Å².